The first-order chi connectivity index (χ1) is 15.7. The van der Waals surface area contributed by atoms with Crippen LogP contribution >= 0.6 is 0 Å². The average molecular weight is 435 g/mol. The van der Waals surface area contributed by atoms with E-state index in [1.807, 2.05) is 35.2 Å². The van der Waals surface area contributed by atoms with Crippen LogP contribution in [0.15, 0.2) is 30.3 Å². The number of hydrogen-bond acceptors (Lipinski definition) is 5. The van der Waals surface area contributed by atoms with Gasteiger partial charge in [0.1, 0.15) is 5.82 Å². The van der Waals surface area contributed by atoms with Crippen LogP contribution in [-0.2, 0) is 19.5 Å². The third-order valence-electron chi connectivity index (χ3n) is 7.07. The molecule has 5 rings (SSSR count). The zero-order valence-corrected chi connectivity index (χ0v) is 19.1. The van der Waals surface area contributed by atoms with E-state index in [1.54, 1.807) is 0 Å². The zero-order chi connectivity index (χ0) is 21.9. The van der Waals surface area contributed by atoms with Crippen LogP contribution in [0.2, 0.25) is 0 Å². The van der Waals surface area contributed by atoms with Crippen molar-refractivity contribution in [2.24, 2.45) is 5.92 Å². The molecule has 0 aliphatic carbocycles. The largest absolute Gasteiger partial charge is 0.356 e. The van der Waals surface area contributed by atoms with Crippen LogP contribution in [0.3, 0.4) is 0 Å². The van der Waals surface area contributed by atoms with Crippen LogP contribution in [0.4, 0.5) is 16.6 Å². The first kappa shape index (κ1) is 21.0. The van der Waals surface area contributed by atoms with Gasteiger partial charge >= 0.3 is 6.03 Å². The van der Waals surface area contributed by atoms with Crippen LogP contribution in [-0.4, -0.2) is 53.6 Å². The van der Waals surface area contributed by atoms with Gasteiger partial charge in [-0.2, -0.15) is 4.98 Å². The number of carbonyl (C=O) groups excluding carboxylic acids is 1. The summed E-state index contributed by atoms with van der Waals surface area (Å²) in [6, 6.07) is 10.1. The fourth-order valence-corrected chi connectivity index (χ4v) is 4.98. The first-order valence-corrected chi connectivity index (χ1v) is 12.1. The Hall–Kier alpha value is -2.83. The summed E-state index contributed by atoms with van der Waals surface area (Å²) in [5.74, 6) is 2.71. The van der Waals surface area contributed by atoms with Crippen molar-refractivity contribution < 1.29 is 4.79 Å². The maximum Gasteiger partial charge on any atom is 0.317 e. The molecule has 32 heavy (non-hydrogen) atoms. The second-order valence-electron chi connectivity index (χ2n) is 9.45. The Labute approximate surface area is 190 Å². The van der Waals surface area contributed by atoms with E-state index in [4.69, 9.17) is 9.97 Å². The molecule has 7 nitrogen and oxygen atoms in total. The van der Waals surface area contributed by atoms with Crippen molar-refractivity contribution in [2.45, 2.75) is 52.1 Å². The van der Waals surface area contributed by atoms with E-state index in [0.717, 1.165) is 67.1 Å². The standard InChI is InChI=1S/C25H34N6O/c1-19-9-14-29(15-10-19)23-21-18-31(25(32)26-17-20-7-3-2-4-8-20)16-11-22(21)27-24(28-23)30-12-5-6-13-30/h2-4,7-8,19H,5-6,9-18H2,1H3,(H,26,32). The molecule has 0 saturated carbocycles. The molecule has 4 heterocycles. The van der Waals surface area contributed by atoms with E-state index in [-0.39, 0.29) is 6.03 Å². The Morgan fingerprint density at radius 2 is 1.75 bits per heavy atom. The number of nitrogens with one attached hydrogen (secondary N) is 1. The zero-order valence-electron chi connectivity index (χ0n) is 19.1. The van der Waals surface area contributed by atoms with Crippen LogP contribution in [0.25, 0.3) is 0 Å². The monoisotopic (exact) mass is 434 g/mol. The number of amides is 2. The minimum Gasteiger partial charge on any atom is -0.356 e. The van der Waals surface area contributed by atoms with E-state index in [9.17, 15) is 4.79 Å². The van der Waals surface area contributed by atoms with Crippen molar-refractivity contribution in [3.05, 3.63) is 47.2 Å². The van der Waals surface area contributed by atoms with Crippen molar-refractivity contribution in [1.82, 2.24) is 20.2 Å². The van der Waals surface area contributed by atoms with Gasteiger partial charge in [-0.25, -0.2) is 9.78 Å². The highest BCUT2D eigenvalue weighted by Gasteiger charge is 2.30. The Kier molecular flexibility index (Phi) is 6.14. The van der Waals surface area contributed by atoms with Gasteiger partial charge in [-0.15, -0.1) is 0 Å². The fraction of sp³-hybridized carbons (Fsp3) is 0.560. The maximum absolute atomic E-state index is 12.9. The van der Waals surface area contributed by atoms with E-state index < -0.39 is 0 Å². The lowest BCUT2D eigenvalue weighted by molar-refractivity contribution is 0.191. The average Bonchev–Trinajstić information content (AvgIpc) is 3.38. The number of hydrogen-bond donors (Lipinski definition) is 1. The quantitative estimate of drug-likeness (QED) is 0.797. The molecule has 0 atom stereocenters. The molecule has 0 unspecified atom stereocenters. The summed E-state index contributed by atoms with van der Waals surface area (Å²) in [5.41, 5.74) is 3.38. The second-order valence-corrected chi connectivity index (χ2v) is 9.45. The van der Waals surface area contributed by atoms with Crippen molar-refractivity contribution in [3.63, 3.8) is 0 Å². The number of anilines is 2. The van der Waals surface area contributed by atoms with Crippen molar-refractivity contribution in [3.8, 4) is 0 Å². The highest BCUT2D eigenvalue weighted by atomic mass is 16.2. The Balaban J connectivity index is 1.36. The van der Waals surface area contributed by atoms with Gasteiger partial charge < -0.3 is 20.0 Å². The molecule has 7 heteroatoms. The minimum absolute atomic E-state index is 0.0126. The van der Waals surface area contributed by atoms with Gasteiger partial charge in [0, 0.05) is 51.3 Å². The van der Waals surface area contributed by atoms with Gasteiger partial charge in [-0.3, -0.25) is 0 Å². The first-order valence-electron chi connectivity index (χ1n) is 12.1. The van der Waals surface area contributed by atoms with Crippen molar-refractivity contribution >= 4 is 17.8 Å². The van der Waals surface area contributed by atoms with Crippen LogP contribution in [0.1, 0.15) is 49.4 Å². The number of nitrogens with zero attached hydrogens (tertiary/aromatic N) is 5. The normalized spacial score (nSPS) is 19.2. The van der Waals surface area contributed by atoms with Gasteiger partial charge in [-0.1, -0.05) is 37.3 Å². The summed E-state index contributed by atoms with van der Waals surface area (Å²) in [4.78, 5) is 29.7. The van der Waals surface area contributed by atoms with Gasteiger partial charge in [0.05, 0.1) is 12.2 Å². The summed E-state index contributed by atoms with van der Waals surface area (Å²) in [6.45, 7) is 8.31. The van der Waals surface area contributed by atoms with Gasteiger partial charge in [-0.05, 0) is 37.2 Å². The summed E-state index contributed by atoms with van der Waals surface area (Å²) in [7, 11) is 0. The third-order valence-corrected chi connectivity index (χ3v) is 7.07. The molecule has 1 aromatic carbocycles. The molecule has 2 aromatic rings. The smallest absolute Gasteiger partial charge is 0.317 e. The second kappa shape index (κ2) is 9.35. The molecule has 1 N–H and O–H groups in total. The number of aromatic nitrogens is 2. The van der Waals surface area contributed by atoms with Gasteiger partial charge in [0.2, 0.25) is 5.95 Å². The summed E-state index contributed by atoms with van der Waals surface area (Å²) in [5, 5.41) is 3.08. The number of urea groups is 1. The van der Waals surface area contributed by atoms with Crippen LogP contribution in [0.5, 0.6) is 0 Å². The molecule has 0 spiro atoms. The highest BCUT2D eigenvalue weighted by molar-refractivity contribution is 5.75. The number of benzene rings is 1. The molecule has 3 aliphatic heterocycles. The molecule has 2 saturated heterocycles. The number of rotatable bonds is 4. The highest BCUT2D eigenvalue weighted by Crippen LogP contribution is 2.32. The van der Waals surface area contributed by atoms with Gasteiger partial charge in [0.25, 0.3) is 0 Å². The molecule has 0 radical (unpaired) electrons. The number of carbonyl (C=O) groups is 1. The summed E-state index contributed by atoms with van der Waals surface area (Å²) in [6.07, 6.45) is 5.60. The molecule has 0 bridgehead atoms. The Bertz CT molecular complexity index is 935. The molecule has 170 valence electrons. The summed E-state index contributed by atoms with van der Waals surface area (Å²) >= 11 is 0. The molecule has 1 aromatic heterocycles. The van der Waals surface area contributed by atoms with Crippen molar-refractivity contribution in [1.29, 1.82) is 0 Å². The van der Waals surface area contributed by atoms with Gasteiger partial charge in [0.15, 0.2) is 0 Å². The molecular formula is C25H34N6O. The predicted molar refractivity (Wildman–Crippen MR) is 127 cm³/mol. The third kappa shape index (κ3) is 4.52. The Morgan fingerprint density at radius 3 is 2.50 bits per heavy atom. The predicted octanol–water partition coefficient (Wildman–Crippen LogP) is 3.58. The molecule has 2 fully saturated rings. The number of piperidine rings is 1. The van der Waals surface area contributed by atoms with E-state index in [2.05, 4.69) is 22.0 Å². The number of fused-ring (bicyclic) bond motifs is 1. The van der Waals surface area contributed by atoms with Crippen LogP contribution in [0, 0.1) is 5.92 Å². The fourth-order valence-electron chi connectivity index (χ4n) is 4.98. The minimum atomic E-state index is -0.0126. The van der Waals surface area contributed by atoms with E-state index in [1.165, 1.54) is 25.7 Å². The van der Waals surface area contributed by atoms with Crippen molar-refractivity contribution in [2.75, 3.05) is 42.5 Å². The Morgan fingerprint density at radius 1 is 1.00 bits per heavy atom. The lowest BCUT2D eigenvalue weighted by Crippen LogP contribution is -2.44. The van der Waals surface area contributed by atoms with Crippen LogP contribution < -0.4 is 15.1 Å². The maximum atomic E-state index is 12.9. The molecular weight excluding hydrogens is 400 g/mol. The lowest BCUT2D eigenvalue weighted by Gasteiger charge is -2.36. The summed E-state index contributed by atoms with van der Waals surface area (Å²) < 4.78 is 0. The molecule has 2 amide bonds. The topological polar surface area (TPSA) is 64.6 Å². The molecule has 3 aliphatic rings. The SMILES string of the molecule is CC1CCN(c2nc(N3CCCC3)nc3c2CN(C(=O)NCc2ccccc2)CC3)CC1. The van der Waals surface area contributed by atoms with E-state index in [0.29, 0.717) is 19.6 Å². The lowest BCUT2D eigenvalue weighted by atomic mass is 9.98. The van der Waals surface area contributed by atoms with E-state index >= 15 is 0 Å².